The Morgan fingerprint density at radius 1 is 1.05 bits per heavy atom. The molecule has 19 heavy (non-hydrogen) atoms. The fourth-order valence-corrected chi connectivity index (χ4v) is 2.69. The highest BCUT2D eigenvalue weighted by atomic mass is 32.1. The van der Waals surface area contributed by atoms with E-state index in [4.69, 9.17) is 16.6 Å². The third-order valence-electron chi connectivity index (χ3n) is 3.55. The fraction of sp³-hybridized carbons (Fsp3) is 0.312. The summed E-state index contributed by atoms with van der Waals surface area (Å²) in [6.45, 7) is 4.19. The molecule has 0 N–H and O–H groups in total. The summed E-state index contributed by atoms with van der Waals surface area (Å²) in [7, 11) is 0. The van der Waals surface area contributed by atoms with Gasteiger partial charge in [-0.3, -0.25) is 0 Å². The minimum Gasteiger partial charge on any atom is -0.454 e. The van der Waals surface area contributed by atoms with Gasteiger partial charge in [0.2, 0.25) is 0 Å². The predicted molar refractivity (Wildman–Crippen MR) is 81.4 cm³/mol. The van der Waals surface area contributed by atoms with Gasteiger partial charge < -0.3 is 9.32 Å². The van der Waals surface area contributed by atoms with Gasteiger partial charge in [0.1, 0.15) is 10.7 Å². The number of hydrogen-bond acceptors (Lipinski definition) is 2. The third-order valence-corrected chi connectivity index (χ3v) is 4.01. The lowest BCUT2D eigenvalue weighted by atomic mass is 10.1. The summed E-state index contributed by atoms with van der Waals surface area (Å²) >= 11 is 5.50. The standard InChI is InChI=1S/C16H17NOS/c1-12-4-6-13(7-5-12)14-8-9-15(18-14)16(19)17-10-2-3-11-17/h4-9H,2-3,10-11H2,1H3. The van der Waals surface area contributed by atoms with E-state index >= 15 is 0 Å². The van der Waals surface area contributed by atoms with Crippen LogP contribution >= 0.6 is 12.2 Å². The molecular weight excluding hydrogens is 254 g/mol. The summed E-state index contributed by atoms with van der Waals surface area (Å²) < 4.78 is 5.90. The van der Waals surface area contributed by atoms with Gasteiger partial charge in [-0.2, -0.15) is 0 Å². The van der Waals surface area contributed by atoms with Crippen LogP contribution in [0, 0.1) is 6.92 Å². The van der Waals surface area contributed by atoms with Gasteiger partial charge >= 0.3 is 0 Å². The molecule has 3 rings (SSSR count). The van der Waals surface area contributed by atoms with Crippen molar-refractivity contribution < 1.29 is 4.42 Å². The van der Waals surface area contributed by atoms with E-state index in [-0.39, 0.29) is 0 Å². The lowest BCUT2D eigenvalue weighted by molar-refractivity contribution is 0.500. The van der Waals surface area contributed by atoms with Crippen molar-refractivity contribution in [3.05, 3.63) is 47.7 Å². The van der Waals surface area contributed by atoms with Crippen LogP contribution in [0.1, 0.15) is 24.2 Å². The monoisotopic (exact) mass is 271 g/mol. The number of hydrogen-bond donors (Lipinski definition) is 0. The van der Waals surface area contributed by atoms with Crippen LogP contribution in [0.25, 0.3) is 11.3 Å². The van der Waals surface area contributed by atoms with Gasteiger partial charge in [0, 0.05) is 18.7 Å². The molecule has 0 spiro atoms. The van der Waals surface area contributed by atoms with Gasteiger partial charge in [-0.1, -0.05) is 42.0 Å². The van der Waals surface area contributed by atoms with E-state index in [0.29, 0.717) is 0 Å². The van der Waals surface area contributed by atoms with Gasteiger partial charge in [-0.05, 0) is 31.9 Å². The van der Waals surface area contributed by atoms with Gasteiger partial charge in [-0.25, -0.2) is 0 Å². The lowest BCUT2D eigenvalue weighted by Crippen LogP contribution is -2.26. The van der Waals surface area contributed by atoms with Crippen LogP contribution in [0.2, 0.25) is 0 Å². The average molecular weight is 271 g/mol. The van der Waals surface area contributed by atoms with Crippen LogP contribution in [0.5, 0.6) is 0 Å². The third kappa shape index (κ3) is 2.56. The molecule has 0 unspecified atom stereocenters. The Hall–Kier alpha value is -1.61. The number of furan rings is 1. The smallest absolute Gasteiger partial charge is 0.162 e. The first-order valence-electron chi connectivity index (χ1n) is 6.70. The van der Waals surface area contributed by atoms with Crippen LogP contribution in [-0.2, 0) is 0 Å². The van der Waals surface area contributed by atoms with Crippen molar-refractivity contribution in [1.82, 2.24) is 4.90 Å². The molecule has 0 amide bonds. The number of likely N-dealkylation sites (tertiary alicyclic amines) is 1. The second-order valence-electron chi connectivity index (χ2n) is 5.03. The Morgan fingerprint density at radius 3 is 2.42 bits per heavy atom. The molecule has 98 valence electrons. The Balaban J connectivity index is 1.82. The highest BCUT2D eigenvalue weighted by Crippen LogP contribution is 2.24. The van der Waals surface area contributed by atoms with E-state index in [1.54, 1.807) is 0 Å². The minimum atomic E-state index is 0.812. The van der Waals surface area contributed by atoms with E-state index < -0.39 is 0 Å². The van der Waals surface area contributed by atoms with Gasteiger partial charge in [0.15, 0.2) is 5.76 Å². The molecule has 1 aliphatic heterocycles. The molecule has 1 fully saturated rings. The van der Waals surface area contributed by atoms with E-state index in [1.807, 2.05) is 12.1 Å². The van der Waals surface area contributed by atoms with Crippen molar-refractivity contribution in [3.63, 3.8) is 0 Å². The van der Waals surface area contributed by atoms with Crippen molar-refractivity contribution in [2.45, 2.75) is 19.8 Å². The van der Waals surface area contributed by atoms with Crippen LogP contribution in [-0.4, -0.2) is 23.0 Å². The SMILES string of the molecule is Cc1ccc(-c2ccc(C(=S)N3CCCC3)o2)cc1. The first kappa shape index (κ1) is 12.4. The first-order chi connectivity index (χ1) is 9.24. The minimum absolute atomic E-state index is 0.812. The van der Waals surface area contributed by atoms with Crippen LogP contribution in [0.3, 0.4) is 0 Å². The molecule has 0 atom stereocenters. The van der Waals surface area contributed by atoms with Crippen molar-refractivity contribution >= 4 is 17.2 Å². The molecule has 1 aromatic heterocycles. The van der Waals surface area contributed by atoms with Gasteiger partial charge in [0.05, 0.1) is 0 Å². The van der Waals surface area contributed by atoms with Crippen molar-refractivity contribution in [1.29, 1.82) is 0 Å². The zero-order valence-corrected chi connectivity index (χ0v) is 11.9. The molecule has 2 nitrogen and oxygen atoms in total. The van der Waals surface area contributed by atoms with Crippen LogP contribution < -0.4 is 0 Å². The molecule has 1 aromatic carbocycles. The van der Waals surface area contributed by atoms with Crippen molar-refractivity contribution in [2.24, 2.45) is 0 Å². The molecule has 0 radical (unpaired) electrons. The summed E-state index contributed by atoms with van der Waals surface area (Å²) in [5, 5.41) is 0. The largest absolute Gasteiger partial charge is 0.454 e. The van der Waals surface area contributed by atoms with Crippen LogP contribution in [0.4, 0.5) is 0 Å². The number of rotatable bonds is 2. The molecule has 2 aromatic rings. The summed E-state index contributed by atoms with van der Waals surface area (Å²) in [5.41, 5.74) is 2.35. The summed E-state index contributed by atoms with van der Waals surface area (Å²) in [4.78, 5) is 3.07. The highest BCUT2D eigenvalue weighted by molar-refractivity contribution is 7.80. The van der Waals surface area contributed by atoms with Crippen LogP contribution in [0.15, 0.2) is 40.8 Å². The second kappa shape index (κ2) is 5.17. The van der Waals surface area contributed by atoms with Crippen molar-refractivity contribution in [2.75, 3.05) is 13.1 Å². The summed E-state index contributed by atoms with van der Waals surface area (Å²) in [6, 6.07) is 12.3. The Labute approximate surface area is 119 Å². The molecule has 0 bridgehead atoms. The maximum Gasteiger partial charge on any atom is 0.162 e. The van der Waals surface area contributed by atoms with Gasteiger partial charge in [-0.15, -0.1) is 0 Å². The molecule has 0 saturated carbocycles. The zero-order chi connectivity index (χ0) is 13.2. The summed E-state index contributed by atoms with van der Waals surface area (Å²) in [5.74, 6) is 1.70. The van der Waals surface area contributed by atoms with E-state index in [1.165, 1.54) is 18.4 Å². The quantitative estimate of drug-likeness (QED) is 0.767. The maximum absolute atomic E-state index is 5.90. The molecule has 3 heteroatoms. The topological polar surface area (TPSA) is 16.4 Å². The number of benzene rings is 1. The number of nitrogens with zero attached hydrogens (tertiary/aromatic N) is 1. The highest BCUT2D eigenvalue weighted by Gasteiger charge is 2.18. The van der Waals surface area contributed by atoms with Crippen molar-refractivity contribution in [3.8, 4) is 11.3 Å². The van der Waals surface area contributed by atoms with E-state index in [2.05, 4.69) is 36.1 Å². The number of thiocarbonyl (C=S) groups is 1. The molecule has 0 aliphatic carbocycles. The lowest BCUT2D eigenvalue weighted by Gasteiger charge is -2.16. The second-order valence-corrected chi connectivity index (χ2v) is 5.42. The molecular formula is C16H17NOS. The van der Waals surface area contributed by atoms with E-state index in [0.717, 1.165) is 35.2 Å². The molecule has 1 aliphatic rings. The fourth-order valence-electron chi connectivity index (χ4n) is 2.40. The normalized spacial score (nSPS) is 14.9. The molecule has 1 saturated heterocycles. The zero-order valence-electron chi connectivity index (χ0n) is 11.1. The first-order valence-corrected chi connectivity index (χ1v) is 7.11. The van der Waals surface area contributed by atoms with E-state index in [9.17, 15) is 0 Å². The number of aryl methyl sites for hydroxylation is 1. The Kier molecular flexibility index (Phi) is 3.38. The average Bonchev–Trinajstić information content (AvgIpc) is 3.10. The maximum atomic E-state index is 5.90. The summed E-state index contributed by atoms with van der Waals surface area (Å²) in [6.07, 6.45) is 2.46. The molecule has 2 heterocycles. The van der Waals surface area contributed by atoms with Gasteiger partial charge in [0.25, 0.3) is 0 Å². The Bertz CT molecular complexity index is 579. The predicted octanol–water partition coefficient (Wildman–Crippen LogP) is 4.03. The Morgan fingerprint density at radius 2 is 1.74 bits per heavy atom.